The van der Waals surface area contributed by atoms with Crippen LogP contribution in [0.15, 0.2) is 73.1 Å². The number of aromatic nitrogens is 4. The largest absolute Gasteiger partial charge is 0.390 e. The van der Waals surface area contributed by atoms with Crippen LogP contribution in [-0.2, 0) is 0 Å². The minimum atomic E-state index is -0.643. The molecule has 1 N–H and O–H groups in total. The number of benzene rings is 2. The molecular formula is C26H21ClN4O. The van der Waals surface area contributed by atoms with Crippen LogP contribution in [0.5, 0.6) is 0 Å². The maximum absolute atomic E-state index is 10.3. The molecule has 0 unspecified atom stereocenters. The molecule has 3 aromatic heterocycles. The number of halogens is 1. The van der Waals surface area contributed by atoms with Crippen LogP contribution in [0.25, 0.3) is 39.1 Å². The minimum absolute atomic E-state index is 0.165. The van der Waals surface area contributed by atoms with Crippen LogP contribution in [0.3, 0.4) is 0 Å². The second-order valence-corrected chi connectivity index (χ2v) is 9.19. The number of rotatable bonds is 3. The van der Waals surface area contributed by atoms with Gasteiger partial charge in [0, 0.05) is 34.8 Å². The zero-order chi connectivity index (χ0) is 21.9. The Labute approximate surface area is 190 Å². The van der Waals surface area contributed by atoms with Crippen molar-refractivity contribution in [1.82, 2.24) is 19.4 Å². The molecule has 5 nitrogen and oxygen atoms in total. The number of pyridine rings is 1. The van der Waals surface area contributed by atoms with Gasteiger partial charge in [0.15, 0.2) is 5.15 Å². The second kappa shape index (κ2) is 7.12. The van der Waals surface area contributed by atoms with Crippen LogP contribution in [0.2, 0.25) is 5.15 Å². The standard InChI is InChI=1S/C26H21ClN4O/c1-26(32)14-19(15-26)22-23-24(27)28-11-12-31(23)25(30-22)18-8-7-17-9-10-20(29-21(17)13-18)16-5-3-2-4-6-16/h2-13,19,32H,14-15H2,1H3. The van der Waals surface area contributed by atoms with Crippen molar-refractivity contribution in [2.45, 2.75) is 31.3 Å². The predicted octanol–water partition coefficient (Wildman–Crippen LogP) is 5.89. The van der Waals surface area contributed by atoms with E-state index in [9.17, 15) is 5.11 Å². The first kappa shape index (κ1) is 19.4. The molecule has 0 amide bonds. The fraction of sp³-hybridized carbons (Fsp3) is 0.192. The van der Waals surface area contributed by atoms with Crippen LogP contribution in [0, 0.1) is 0 Å². The summed E-state index contributed by atoms with van der Waals surface area (Å²) in [5.74, 6) is 0.971. The summed E-state index contributed by atoms with van der Waals surface area (Å²) in [6.45, 7) is 1.86. The van der Waals surface area contributed by atoms with E-state index in [1.165, 1.54) is 0 Å². The number of fused-ring (bicyclic) bond motifs is 2. The Morgan fingerprint density at radius 2 is 1.78 bits per heavy atom. The average Bonchev–Trinajstić information content (AvgIpc) is 3.18. The van der Waals surface area contributed by atoms with Gasteiger partial charge in [-0.25, -0.2) is 15.0 Å². The van der Waals surface area contributed by atoms with E-state index in [0.29, 0.717) is 18.0 Å². The molecule has 0 bridgehead atoms. The Hall–Kier alpha value is -3.28. The van der Waals surface area contributed by atoms with Crippen LogP contribution in [-0.4, -0.2) is 30.1 Å². The Balaban J connectivity index is 1.50. The van der Waals surface area contributed by atoms with E-state index in [2.05, 4.69) is 41.4 Å². The van der Waals surface area contributed by atoms with Crippen molar-refractivity contribution in [3.63, 3.8) is 0 Å². The molecule has 0 atom stereocenters. The van der Waals surface area contributed by atoms with Crippen molar-refractivity contribution in [2.24, 2.45) is 0 Å². The lowest BCUT2D eigenvalue weighted by Gasteiger charge is -2.40. The Morgan fingerprint density at radius 1 is 1.00 bits per heavy atom. The molecule has 2 aromatic carbocycles. The van der Waals surface area contributed by atoms with E-state index in [1.807, 2.05) is 41.8 Å². The van der Waals surface area contributed by atoms with Crippen molar-refractivity contribution in [1.29, 1.82) is 0 Å². The van der Waals surface area contributed by atoms with E-state index in [4.69, 9.17) is 21.6 Å². The highest BCUT2D eigenvalue weighted by Gasteiger charge is 2.41. The molecule has 1 fully saturated rings. The van der Waals surface area contributed by atoms with Crippen molar-refractivity contribution < 1.29 is 5.11 Å². The number of aliphatic hydroxyl groups is 1. The van der Waals surface area contributed by atoms with E-state index in [1.54, 1.807) is 6.20 Å². The monoisotopic (exact) mass is 440 g/mol. The fourth-order valence-electron chi connectivity index (χ4n) is 4.74. The Kier molecular flexibility index (Phi) is 4.32. The van der Waals surface area contributed by atoms with Crippen molar-refractivity contribution in [2.75, 3.05) is 0 Å². The summed E-state index contributed by atoms with van der Waals surface area (Å²) in [4.78, 5) is 14.2. The zero-order valence-electron chi connectivity index (χ0n) is 17.5. The molecule has 5 aromatic rings. The third kappa shape index (κ3) is 3.17. The minimum Gasteiger partial charge on any atom is -0.390 e. The molecule has 3 heterocycles. The van der Waals surface area contributed by atoms with Crippen LogP contribution >= 0.6 is 11.6 Å². The summed E-state index contributed by atoms with van der Waals surface area (Å²) in [7, 11) is 0. The molecule has 6 rings (SSSR count). The zero-order valence-corrected chi connectivity index (χ0v) is 18.3. The molecule has 6 heteroatoms. The highest BCUT2D eigenvalue weighted by atomic mass is 35.5. The first-order chi connectivity index (χ1) is 15.5. The third-order valence-corrected chi connectivity index (χ3v) is 6.59. The molecule has 0 spiro atoms. The molecular weight excluding hydrogens is 420 g/mol. The third-order valence-electron chi connectivity index (χ3n) is 6.32. The van der Waals surface area contributed by atoms with Gasteiger partial charge in [-0.2, -0.15) is 0 Å². The Bertz CT molecular complexity index is 1470. The molecule has 1 saturated carbocycles. The van der Waals surface area contributed by atoms with Crippen LogP contribution < -0.4 is 0 Å². The SMILES string of the molecule is CC1(O)CC(c2nc(-c3ccc4ccc(-c5ccccc5)nc4c3)n3ccnc(Cl)c23)C1. The summed E-state index contributed by atoms with van der Waals surface area (Å²) in [5, 5.41) is 11.8. The van der Waals surface area contributed by atoms with Gasteiger partial charge in [-0.3, -0.25) is 4.40 Å². The lowest BCUT2D eigenvalue weighted by molar-refractivity contribution is -0.0318. The number of hydrogen-bond acceptors (Lipinski definition) is 4. The quantitative estimate of drug-likeness (QED) is 0.379. The van der Waals surface area contributed by atoms with E-state index in [-0.39, 0.29) is 5.92 Å². The molecule has 0 saturated heterocycles. The van der Waals surface area contributed by atoms with Crippen molar-refractivity contribution >= 4 is 28.0 Å². The summed E-state index contributed by atoms with van der Waals surface area (Å²) >= 11 is 6.50. The molecule has 0 radical (unpaired) electrons. The van der Waals surface area contributed by atoms with Gasteiger partial charge in [0.2, 0.25) is 0 Å². The maximum Gasteiger partial charge on any atom is 0.154 e. The van der Waals surface area contributed by atoms with E-state index in [0.717, 1.165) is 44.8 Å². The number of nitrogens with zero attached hydrogens (tertiary/aromatic N) is 4. The molecule has 0 aliphatic heterocycles. The number of hydrogen-bond donors (Lipinski definition) is 1. The second-order valence-electron chi connectivity index (χ2n) is 8.83. The lowest BCUT2D eigenvalue weighted by atomic mass is 9.70. The van der Waals surface area contributed by atoms with Gasteiger partial charge in [0.1, 0.15) is 11.3 Å². The van der Waals surface area contributed by atoms with Crippen LogP contribution in [0.1, 0.15) is 31.4 Å². The fourth-order valence-corrected chi connectivity index (χ4v) is 4.98. The summed E-state index contributed by atoms with van der Waals surface area (Å²) < 4.78 is 2.00. The first-order valence-electron chi connectivity index (χ1n) is 10.7. The summed E-state index contributed by atoms with van der Waals surface area (Å²) in [5.41, 5.74) is 4.97. The predicted molar refractivity (Wildman–Crippen MR) is 127 cm³/mol. The highest BCUT2D eigenvalue weighted by Crippen LogP contribution is 2.46. The smallest absolute Gasteiger partial charge is 0.154 e. The van der Waals surface area contributed by atoms with Gasteiger partial charge in [-0.05, 0) is 31.9 Å². The van der Waals surface area contributed by atoms with E-state index < -0.39 is 5.60 Å². The topological polar surface area (TPSA) is 63.3 Å². The van der Waals surface area contributed by atoms with Gasteiger partial charge in [-0.15, -0.1) is 0 Å². The first-order valence-corrected chi connectivity index (χ1v) is 11.1. The molecule has 32 heavy (non-hydrogen) atoms. The van der Waals surface area contributed by atoms with Gasteiger partial charge in [-0.1, -0.05) is 60.1 Å². The van der Waals surface area contributed by atoms with Gasteiger partial charge >= 0.3 is 0 Å². The van der Waals surface area contributed by atoms with Gasteiger partial charge in [0.25, 0.3) is 0 Å². The van der Waals surface area contributed by atoms with E-state index >= 15 is 0 Å². The molecule has 1 aliphatic rings. The highest BCUT2D eigenvalue weighted by molar-refractivity contribution is 6.32. The summed E-state index contributed by atoms with van der Waals surface area (Å²) in [6, 6.07) is 20.5. The average molecular weight is 441 g/mol. The van der Waals surface area contributed by atoms with Crippen LogP contribution in [0.4, 0.5) is 0 Å². The lowest BCUT2D eigenvalue weighted by Crippen LogP contribution is -2.39. The maximum atomic E-state index is 10.3. The van der Waals surface area contributed by atoms with Crippen molar-refractivity contribution in [3.05, 3.63) is 83.9 Å². The number of imidazole rings is 1. The normalized spacial score (nSPS) is 20.5. The molecule has 158 valence electrons. The summed E-state index contributed by atoms with van der Waals surface area (Å²) in [6.07, 6.45) is 4.92. The van der Waals surface area contributed by atoms with Gasteiger partial charge in [0.05, 0.1) is 22.5 Å². The Morgan fingerprint density at radius 3 is 2.56 bits per heavy atom. The van der Waals surface area contributed by atoms with Crippen molar-refractivity contribution in [3.8, 4) is 22.6 Å². The molecule has 1 aliphatic carbocycles. The van der Waals surface area contributed by atoms with Gasteiger partial charge < -0.3 is 5.11 Å².